The first-order chi connectivity index (χ1) is 12.0. The van der Waals surface area contributed by atoms with E-state index in [0.29, 0.717) is 31.0 Å². The van der Waals surface area contributed by atoms with Gasteiger partial charge in [0.05, 0.1) is 0 Å². The highest BCUT2D eigenvalue weighted by molar-refractivity contribution is 5.92. The second-order valence-electron chi connectivity index (χ2n) is 5.72. The summed E-state index contributed by atoms with van der Waals surface area (Å²) in [7, 11) is 0. The van der Waals surface area contributed by atoms with Crippen LogP contribution in [0.1, 0.15) is 15.9 Å². The molecule has 2 aromatic rings. The van der Waals surface area contributed by atoms with E-state index in [0.717, 1.165) is 11.3 Å². The molecule has 0 aliphatic heterocycles. The summed E-state index contributed by atoms with van der Waals surface area (Å²) in [6.07, 6.45) is -0.602. The standard InChI is InChI=1S/C19H24N2O4/c1-14-3-2-4-18(11-14)25-13-16(22)12-21-9-10-24-17-7-5-15(6-8-17)19(20)23/h2-8,11,16,21-22H,9-10,12-13H2,1H3,(H2,20,23)/t16-/m1/s1. The first-order valence-corrected chi connectivity index (χ1v) is 8.15. The number of nitrogens with two attached hydrogens (primary N) is 1. The van der Waals surface area contributed by atoms with Gasteiger partial charge in [0.25, 0.3) is 0 Å². The van der Waals surface area contributed by atoms with E-state index in [1.165, 1.54) is 0 Å². The maximum atomic E-state index is 11.0. The van der Waals surface area contributed by atoms with Crippen LogP contribution in [0.25, 0.3) is 0 Å². The first-order valence-electron chi connectivity index (χ1n) is 8.15. The van der Waals surface area contributed by atoms with Crippen LogP contribution in [-0.2, 0) is 0 Å². The highest BCUT2D eigenvalue weighted by atomic mass is 16.5. The fourth-order valence-corrected chi connectivity index (χ4v) is 2.18. The third-order valence-corrected chi connectivity index (χ3v) is 3.50. The maximum Gasteiger partial charge on any atom is 0.248 e. The Bertz CT molecular complexity index is 673. The summed E-state index contributed by atoms with van der Waals surface area (Å²) in [5.41, 5.74) is 6.74. The van der Waals surface area contributed by atoms with Gasteiger partial charge in [-0.1, -0.05) is 12.1 Å². The number of rotatable bonds is 10. The average molecular weight is 344 g/mol. The molecule has 2 rings (SSSR count). The van der Waals surface area contributed by atoms with Crippen LogP contribution < -0.4 is 20.5 Å². The van der Waals surface area contributed by atoms with Gasteiger partial charge in [-0.15, -0.1) is 0 Å². The summed E-state index contributed by atoms with van der Waals surface area (Å²) < 4.78 is 11.1. The Morgan fingerprint density at radius 2 is 1.92 bits per heavy atom. The van der Waals surface area contributed by atoms with Gasteiger partial charge in [0, 0.05) is 18.7 Å². The van der Waals surface area contributed by atoms with E-state index in [1.54, 1.807) is 24.3 Å². The highest BCUT2D eigenvalue weighted by Gasteiger charge is 2.05. The van der Waals surface area contributed by atoms with E-state index >= 15 is 0 Å². The van der Waals surface area contributed by atoms with Crippen molar-refractivity contribution in [3.8, 4) is 11.5 Å². The van der Waals surface area contributed by atoms with E-state index < -0.39 is 12.0 Å². The van der Waals surface area contributed by atoms with Crippen LogP contribution in [0.2, 0.25) is 0 Å². The van der Waals surface area contributed by atoms with Gasteiger partial charge in [0.1, 0.15) is 30.8 Å². The second-order valence-corrected chi connectivity index (χ2v) is 5.72. The number of primary amides is 1. The number of hydrogen-bond acceptors (Lipinski definition) is 5. The van der Waals surface area contributed by atoms with Crippen LogP contribution in [0, 0.1) is 6.92 Å². The Morgan fingerprint density at radius 1 is 1.16 bits per heavy atom. The Hall–Kier alpha value is -2.57. The van der Waals surface area contributed by atoms with Gasteiger partial charge in [-0.05, 0) is 48.9 Å². The van der Waals surface area contributed by atoms with Crippen molar-refractivity contribution in [2.45, 2.75) is 13.0 Å². The lowest BCUT2D eigenvalue weighted by Gasteiger charge is -2.14. The van der Waals surface area contributed by atoms with Crippen molar-refractivity contribution in [1.29, 1.82) is 0 Å². The Morgan fingerprint density at radius 3 is 2.60 bits per heavy atom. The third-order valence-electron chi connectivity index (χ3n) is 3.50. The van der Waals surface area contributed by atoms with Crippen LogP contribution in [0.15, 0.2) is 48.5 Å². The van der Waals surface area contributed by atoms with Crippen molar-refractivity contribution in [1.82, 2.24) is 5.32 Å². The zero-order valence-corrected chi connectivity index (χ0v) is 14.3. The van der Waals surface area contributed by atoms with Gasteiger partial charge in [-0.2, -0.15) is 0 Å². The molecule has 0 aliphatic rings. The van der Waals surface area contributed by atoms with Gasteiger partial charge < -0.3 is 25.6 Å². The number of aliphatic hydroxyl groups excluding tert-OH is 1. The molecule has 1 atom stereocenters. The molecular formula is C19H24N2O4. The van der Waals surface area contributed by atoms with Crippen LogP contribution >= 0.6 is 0 Å². The molecule has 25 heavy (non-hydrogen) atoms. The monoisotopic (exact) mass is 344 g/mol. The molecule has 134 valence electrons. The van der Waals surface area contributed by atoms with Crippen LogP contribution in [0.4, 0.5) is 0 Å². The molecular weight excluding hydrogens is 320 g/mol. The number of aliphatic hydroxyl groups is 1. The lowest BCUT2D eigenvalue weighted by Crippen LogP contribution is -2.33. The Labute approximate surface area is 147 Å². The lowest BCUT2D eigenvalue weighted by molar-refractivity contribution is 0.1000. The largest absolute Gasteiger partial charge is 0.492 e. The summed E-state index contributed by atoms with van der Waals surface area (Å²) in [5.74, 6) is 0.951. The summed E-state index contributed by atoms with van der Waals surface area (Å²) in [6.45, 7) is 3.66. The number of nitrogens with one attached hydrogen (secondary N) is 1. The summed E-state index contributed by atoms with van der Waals surface area (Å²) >= 11 is 0. The normalized spacial score (nSPS) is 11.8. The SMILES string of the molecule is Cc1cccc(OC[C@H](O)CNCCOc2ccc(C(N)=O)cc2)c1. The Kier molecular flexibility index (Phi) is 7.25. The van der Waals surface area contributed by atoms with Crippen molar-refractivity contribution in [3.05, 3.63) is 59.7 Å². The van der Waals surface area contributed by atoms with E-state index in [1.807, 2.05) is 31.2 Å². The Balaban J connectivity index is 1.58. The summed E-state index contributed by atoms with van der Waals surface area (Å²) in [4.78, 5) is 11.0. The molecule has 0 aliphatic carbocycles. The number of benzene rings is 2. The van der Waals surface area contributed by atoms with E-state index in [4.69, 9.17) is 15.2 Å². The van der Waals surface area contributed by atoms with Crippen molar-refractivity contribution in [3.63, 3.8) is 0 Å². The zero-order chi connectivity index (χ0) is 18.1. The zero-order valence-electron chi connectivity index (χ0n) is 14.3. The van der Waals surface area contributed by atoms with Crippen molar-refractivity contribution < 1.29 is 19.4 Å². The van der Waals surface area contributed by atoms with Crippen molar-refractivity contribution >= 4 is 5.91 Å². The molecule has 0 aromatic heterocycles. The number of aryl methyl sites for hydroxylation is 1. The second kappa shape index (κ2) is 9.66. The van der Waals surface area contributed by atoms with Gasteiger partial charge in [-0.3, -0.25) is 4.79 Å². The van der Waals surface area contributed by atoms with E-state index in [2.05, 4.69) is 5.32 Å². The fourth-order valence-electron chi connectivity index (χ4n) is 2.18. The molecule has 0 unspecified atom stereocenters. The minimum absolute atomic E-state index is 0.228. The third kappa shape index (κ3) is 6.82. The molecule has 6 nitrogen and oxygen atoms in total. The first kappa shape index (κ1) is 18.8. The van der Waals surface area contributed by atoms with E-state index in [-0.39, 0.29) is 6.61 Å². The number of hydrogen-bond donors (Lipinski definition) is 3. The van der Waals surface area contributed by atoms with Crippen LogP contribution in [0.3, 0.4) is 0 Å². The maximum absolute atomic E-state index is 11.0. The molecule has 1 amide bonds. The topological polar surface area (TPSA) is 93.8 Å². The van der Waals surface area contributed by atoms with Crippen molar-refractivity contribution in [2.24, 2.45) is 5.73 Å². The number of amides is 1. The number of carbonyl (C=O) groups excluding carboxylic acids is 1. The van der Waals surface area contributed by atoms with Crippen LogP contribution in [0.5, 0.6) is 11.5 Å². The quantitative estimate of drug-likeness (QED) is 0.568. The lowest BCUT2D eigenvalue weighted by atomic mass is 10.2. The molecule has 0 bridgehead atoms. The molecule has 6 heteroatoms. The summed E-state index contributed by atoms with van der Waals surface area (Å²) in [5, 5.41) is 13.0. The molecule has 0 saturated heterocycles. The molecule has 2 aromatic carbocycles. The predicted octanol–water partition coefficient (Wildman–Crippen LogP) is 1.50. The summed E-state index contributed by atoms with van der Waals surface area (Å²) in [6, 6.07) is 14.3. The molecule has 0 fully saturated rings. The molecule has 0 heterocycles. The average Bonchev–Trinajstić information content (AvgIpc) is 2.60. The smallest absolute Gasteiger partial charge is 0.248 e. The van der Waals surface area contributed by atoms with Gasteiger partial charge in [0.15, 0.2) is 0 Å². The van der Waals surface area contributed by atoms with Gasteiger partial charge in [0.2, 0.25) is 5.91 Å². The number of carbonyl (C=O) groups is 1. The van der Waals surface area contributed by atoms with E-state index in [9.17, 15) is 9.90 Å². The van der Waals surface area contributed by atoms with Crippen LogP contribution in [-0.4, -0.2) is 43.4 Å². The minimum atomic E-state index is -0.602. The number of ether oxygens (including phenoxy) is 2. The fraction of sp³-hybridized carbons (Fsp3) is 0.316. The predicted molar refractivity (Wildman–Crippen MR) is 96.0 cm³/mol. The minimum Gasteiger partial charge on any atom is -0.492 e. The molecule has 0 radical (unpaired) electrons. The molecule has 0 spiro atoms. The molecule has 4 N–H and O–H groups in total. The van der Waals surface area contributed by atoms with Gasteiger partial charge in [-0.25, -0.2) is 0 Å². The van der Waals surface area contributed by atoms with Crippen molar-refractivity contribution in [2.75, 3.05) is 26.3 Å². The van der Waals surface area contributed by atoms with Gasteiger partial charge >= 0.3 is 0 Å². The highest BCUT2D eigenvalue weighted by Crippen LogP contribution is 2.13. The molecule has 0 saturated carbocycles.